The predicted octanol–water partition coefficient (Wildman–Crippen LogP) is 3.57. The Labute approximate surface area is 218 Å². The van der Waals surface area contributed by atoms with Crippen LogP contribution in [0.1, 0.15) is 31.2 Å². The maximum absolute atomic E-state index is 14.2. The average molecular weight is 521 g/mol. The average Bonchev–Trinajstić information content (AvgIpc) is 3.28. The summed E-state index contributed by atoms with van der Waals surface area (Å²) in [6.45, 7) is 1.79. The van der Waals surface area contributed by atoms with Crippen LogP contribution < -0.4 is 15.0 Å². The second-order valence-electron chi connectivity index (χ2n) is 10.4. The fourth-order valence-corrected chi connectivity index (χ4v) is 7.26. The smallest absolute Gasteiger partial charge is 0.241 e. The molecule has 9 heteroatoms. The highest BCUT2D eigenvalue weighted by molar-refractivity contribution is 6.32. The third-order valence-electron chi connectivity index (χ3n) is 8.74. The summed E-state index contributed by atoms with van der Waals surface area (Å²) < 4.78 is 5.35. The van der Waals surface area contributed by atoms with Gasteiger partial charge in [0.05, 0.1) is 41.0 Å². The van der Waals surface area contributed by atoms with Crippen LogP contribution in [0.4, 0.5) is 5.69 Å². The van der Waals surface area contributed by atoms with E-state index in [0.29, 0.717) is 17.7 Å². The lowest BCUT2D eigenvalue weighted by Gasteiger charge is -2.49. The number of hydrogen-bond donors (Lipinski definition) is 2. The fraction of sp³-hybridized carbons (Fsp3) is 0.357. The third-order valence-corrected chi connectivity index (χ3v) is 9.02. The molecule has 2 aromatic carbocycles. The monoisotopic (exact) mass is 520 g/mol. The number of rotatable bonds is 3. The number of phenolic OH excluding ortho intramolecular Hbond substituents is 1. The molecular weight excluding hydrogens is 496 g/mol. The molecule has 2 aliphatic carbocycles. The largest absolute Gasteiger partial charge is 0.503 e. The molecule has 6 atom stereocenters. The van der Waals surface area contributed by atoms with Gasteiger partial charge in [0.1, 0.15) is 0 Å². The van der Waals surface area contributed by atoms with Gasteiger partial charge < -0.3 is 9.84 Å². The van der Waals surface area contributed by atoms with E-state index in [1.165, 1.54) is 12.0 Å². The number of phenols is 1. The molecule has 0 bridgehead atoms. The number of benzene rings is 2. The number of methoxy groups -OCH3 is 1. The first-order valence-corrected chi connectivity index (χ1v) is 12.6. The number of nitrogens with zero attached hydrogens (tertiary/aromatic N) is 1. The van der Waals surface area contributed by atoms with E-state index in [2.05, 4.69) is 5.32 Å². The number of ether oxygens (including phenoxy) is 1. The highest BCUT2D eigenvalue weighted by Gasteiger charge is 2.67. The van der Waals surface area contributed by atoms with Crippen molar-refractivity contribution in [2.24, 2.45) is 29.1 Å². The molecule has 2 saturated heterocycles. The number of nitrogens with one attached hydrogen (secondary N) is 1. The molecule has 3 fully saturated rings. The minimum Gasteiger partial charge on any atom is -0.503 e. The SMILES string of the molecule is COc1cc([C@H]2C3=CC[C@@H]4C(=O)NC(=O)[C@@H]4[C@@H]3C[C@H]3C(=O)N(c4ccccc4)C(=O)[C@@]23C)cc(Cl)c1O. The lowest BCUT2D eigenvalue weighted by molar-refractivity contribution is -0.131. The van der Waals surface area contributed by atoms with Gasteiger partial charge in [-0.05, 0) is 55.5 Å². The Morgan fingerprint density at radius 3 is 2.51 bits per heavy atom. The van der Waals surface area contributed by atoms with Crippen molar-refractivity contribution >= 4 is 40.9 Å². The summed E-state index contributed by atoms with van der Waals surface area (Å²) in [6.07, 6.45) is 2.59. The van der Waals surface area contributed by atoms with Crippen molar-refractivity contribution in [3.8, 4) is 11.5 Å². The lowest BCUT2D eigenvalue weighted by Crippen LogP contribution is -2.48. The highest BCUT2D eigenvalue weighted by Crippen LogP contribution is 2.63. The van der Waals surface area contributed by atoms with Crippen LogP contribution in [-0.2, 0) is 19.2 Å². The van der Waals surface area contributed by atoms with E-state index in [1.54, 1.807) is 43.3 Å². The van der Waals surface area contributed by atoms with E-state index in [4.69, 9.17) is 16.3 Å². The predicted molar refractivity (Wildman–Crippen MR) is 134 cm³/mol. The standard InChI is InChI=1S/C28H25ClN2O6/c1-28-18(26(35)31(27(28)36)14-6-4-3-5-7-14)12-17-15(8-9-16-21(17)25(34)30-24(16)33)22(28)13-10-19(29)23(32)20(11-13)37-2/h3-8,10-11,16-18,21-22,32H,9,12H2,1-2H3,(H,30,33,34)/t16-,17+,18-,21-,22-,28+/m0/s1. The topological polar surface area (TPSA) is 113 Å². The quantitative estimate of drug-likeness (QED) is 0.472. The zero-order chi connectivity index (χ0) is 26.2. The number of hydrogen-bond acceptors (Lipinski definition) is 6. The number of allylic oxidation sites excluding steroid dienone is 2. The van der Waals surface area contributed by atoms with Crippen molar-refractivity contribution < 1.29 is 29.0 Å². The van der Waals surface area contributed by atoms with Gasteiger partial charge in [0.25, 0.3) is 0 Å². The molecule has 2 N–H and O–H groups in total. The Bertz CT molecular complexity index is 1400. The second kappa shape index (κ2) is 8.18. The van der Waals surface area contributed by atoms with Gasteiger partial charge in [-0.2, -0.15) is 0 Å². The van der Waals surface area contributed by atoms with Gasteiger partial charge in [-0.1, -0.05) is 41.4 Å². The molecule has 2 aromatic rings. The maximum Gasteiger partial charge on any atom is 0.241 e. The Morgan fingerprint density at radius 1 is 1.08 bits per heavy atom. The minimum absolute atomic E-state index is 0.0522. The van der Waals surface area contributed by atoms with Crippen LogP contribution in [0, 0.1) is 29.1 Å². The molecule has 8 nitrogen and oxygen atoms in total. The second-order valence-corrected chi connectivity index (χ2v) is 10.8. The number of carbonyl (C=O) groups excluding carboxylic acids is 4. The van der Waals surface area contributed by atoms with E-state index in [0.717, 1.165) is 5.57 Å². The number of para-hydroxylation sites is 1. The van der Waals surface area contributed by atoms with E-state index in [-0.39, 0.29) is 46.6 Å². The van der Waals surface area contributed by atoms with Gasteiger partial charge in [-0.3, -0.25) is 24.5 Å². The van der Waals surface area contributed by atoms with Gasteiger partial charge in [0, 0.05) is 5.92 Å². The van der Waals surface area contributed by atoms with Crippen molar-refractivity contribution in [2.45, 2.75) is 25.7 Å². The molecule has 1 saturated carbocycles. The third kappa shape index (κ3) is 3.14. The van der Waals surface area contributed by atoms with Crippen LogP contribution in [0.15, 0.2) is 54.1 Å². The summed E-state index contributed by atoms with van der Waals surface area (Å²) in [5.41, 5.74) is 0.732. The van der Waals surface area contributed by atoms with Crippen LogP contribution in [0.5, 0.6) is 11.5 Å². The Morgan fingerprint density at radius 2 is 1.81 bits per heavy atom. The van der Waals surface area contributed by atoms with Crippen molar-refractivity contribution in [3.05, 3.63) is 64.7 Å². The Kier molecular flexibility index (Phi) is 5.25. The van der Waals surface area contributed by atoms with Gasteiger partial charge >= 0.3 is 0 Å². The summed E-state index contributed by atoms with van der Waals surface area (Å²) in [6, 6.07) is 12.0. The van der Waals surface area contributed by atoms with Crippen molar-refractivity contribution in [1.82, 2.24) is 5.32 Å². The zero-order valence-electron chi connectivity index (χ0n) is 20.2. The van der Waals surface area contributed by atoms with Gasteiger partial charge in [-0.15, -0.1) is 0 Å². The van der Waals surface area contributed by atoms with E-state index < -0.39 is 35.0 Å². The van der Waals surface area contributed by atoms with E-state index in [9.17, 15) is 24.3 Å². The molecule has 2 aliphatic heterocycles. The summed E-state index contributed by atoms with van der Waals surface area (Å²) in [4.78, 5) is 54.8. The fourth-order valence-electron chi connectivity index (χ4n) is 7.05. The zero-order valence-corrected chi connectivity index (χ0v) is 21.0. The molecule has 37 heavy (non-hydrogen) atoms. The van der Waals surface area contributed by atoms with Crippen molar-refractivity contribution in [3.63, 3.8) is 0 Å². The summed E-state index contributed by atoms with van der Waals surface area (Å²) in [5.74, 6) is -4.25. The number of aromatic hydroxyl groups is 1. The molecule has 190 valence electrons. The molecule has 4 aliphatic rings. The molecule has 0 aromatic heterocycles. The van der Waals surface area contributed by atoms with Crippen LogP contribution in [0.25, 0.3) is 0 Å². The number of halogens is 1. The molecule has 0 radical (unpaired) electrons. The van der Waals surface area contributed by atoms with Crippen molar-refractivity contribution in [1.29, 1.82) is 0 Å². The van der Waals surface area contributed by atoms with Gasteiger partial charge in [0.15, 0.2) is 11.5 Å². The minimum atomic E-state index is -1.19. The number of fused-ring (bicyclic) bond motifs is 4. The Hall–Kier alpha value is -3.65. The highest BCUT2D eigenvalue weighted by atomic mass is 35.5. The van der Waals surface area contributed by atoms with Gasteiger partial charge in [0.2, 0.25) is 23.6 Å². The molecule has 6 rings (SSSR count). The number of amides is 4. The first kappa shape index (κ1) is 23.7. The molecule has 4 amide bonds. The van der Waals surface area contributed by atoms with E-state index in [1.807, 2.05) is 12.1 Å². The summed E-state index contributed by atoms with van der Waals surface area (Å²) in [7, 11) is 1.41. The van der Waals surface area contributed by atoms with Crippen LogP contribution in [0.3, 0.4) is 0 Å². The summed E-state index contributed by atoms with van der Waals surface area (Å²) in [5, 5.41) is 12.9. The van der Waals surface area contributed by atoms with Crippen LogP contribution in [-0.4, -0.2) is 35.8 Å². The van der Waals surface area contributed by atoms with Crippen molar-refractivity contribution in [2.75, 3.05) is 12.0 Å². The first-order valence-electron chi connectivity index (χ1n) is 12.2. The number of carbonyl (C=O) groups is 4. The maximum atomic E-state index is 14.2. The number of anilines is 1. The van der Waals surface area contributed by atoms with Crippen LogP contribution >= 0.6 is 11.6 Å². The Balaban J connectivity index is 1.57. The number of imide groups is 2. The van der Waals surface area contributed by atoms with Gasteiger partial charge in [-0.25, -0.2) is 4.90 Å². The molecule has 0 spiro atoms. The summed E-state index contributed by atoms with van der Waals surface area (Å²) >= 11 is 6.38. The normalized spacial score (nSPS) is 32.5. The van der Waals surface area contributed by atoms with Crippen LogP contribution in [0.2, 0.25) is 5.02 Å². The lowest BCUT2D eigenvalue weighted by atomic mass is 9.51. The van der Waals surface area contributed by atoms with E-state index >= 15 is 0 Å². The molecule has 2 heterocycles. The molecule has 0 unspecified atom stereocenters. The molecular formula is C28H25ClN2O6. The first-order chi connectivity index (χ1) is 17.7.